The molecule has 0 radical (unpaired) electrons. The molecule has 1 heteroatoms. The fourth-order valence-corrected chi connectivity index (χ4v) is 3.22. The zero-order chi connectivity index (χ0) is 9.10. The summed E-state index contributed by atoms with van der Waals surface area (Å²) in [6.07, 6.45) is 8.83. The first-order chi connectivity index (χ1) is 6.40. The van der Waals surface area contributed by atoms with Crippen molar-refractivity contribution < 1.29 is 0 Å². The second-order valence-corrected chi connectivity index (χ2v) is 4.99. The lowest BCUT2D eigenvalue weighted by Crippen LogP contribution is -2.27. The molecule has 0 aliphatic heterocycles. The minimum absolute atomic E-state index is 1.04. The minimum atomic E-state index is 1.04. The Morgan fingerprint density at radius 1 is 1.23 bits per heavy atom. The summed E-state index contributed by atoms with van der Waals surface area (Å²) in [6.45, 7) is 4.81. The van der Waals surface area contributed by atoms with Crippen LogP contribution in [0.4, 0.5) is 0 Å². The molecular weight excluding hydrogens is 158 g/mol. The summed E-state index contributed by atoms with van der Waals surface area (Å²) in [6, 6.07) is 0. The fraction of sp³-hybridized carbons (Fsp3) is 1.00. The van der Waals surface area contributed by atoms with Crippen molar-refractivity contribution >= 4 is 0 Å². The first kappa shape index (κ1) is 9.51. The molecule has 76 valence electrons. The summed E-state index contributed by atoms with van der Waals surface area (Å²) in [4.78, 5) is 0. The highest BCUT2D eigenvalue weighted by Crippen LogP contribution is 2.47. The molecule has 0 aromatic heterocycles. The van der Waals surface area contributed by atoms with Crippen molar-refractivity contribution in [1.29, 1.82) is 0 Å². The predicted molar refractivity (Wildman–Crippen MR) is 56.7 cm³/mol. The molecule has 1 nitrogen and oxygen atoms in total. The van der Waals surface area contributed by atoms with E-state index in [2.05, 4.69) is 12.2 Å². The van der Waals surface area contributed by atoms with E-state index >= 15 is 0 Å². The van der Waals surface area contributed by atoms with Gasteiger partial charge in [-0.2, -0.15) is 0 Å². The van der Waals surface area contributed by atoms with Crippen LogP contribution in [0.2, 0.25) is 0 Å². The summed E-state index contributed by atoms with van der Waals surface area (Å²) >= 11 is 0. The van der Waals surface area contributed by atoms with Crippen LogP contribution in [0.5, 0.6) is 0 Å². The zero-order valence-corrected chi connectivity index (χ0v) is 8.89. The van der Waals surface area contributed by atoms with Crippen molar-refractivity contribution in [2.24, 2.45) is 17.8 Å². The second kappa shape index (κ2) is 4.45. The van der Waals surface area contributed by atoms with Gasteiger partial charge in [-0.1, -0.05) is 19.8 Å². The zero-order valence-electron chi connectivity index (χ0n) is 8.89. The van der Waals surface area contributed by atoms with Crippen LogP contribution < -0.4 is 5.32 Å². The average molecular weight is 181 g/mol. The number of fused-ring (bicyclic) bond motifs is 2. The largest absolute Gasteiger partial charge is 0.316 e. The molecular formula is C12H23N. The van der Waals surface area contributed by atoms with E-state index in [0.717, 1.165) is 17.8 Å². The van der Waals surface area contributed by atoms with Crippen molar-refractivity contribution in [3.63, 3.8) is 0 Å². The van der Waals surface area contributed by atoms with Gasteiger partial charge >= 0.3 is 0 Å². The van der Waals surface area contributed by atoms with E-state index < -0.39 is 0 Å². The lowest BCUT2D eigenvalue weighted by Gasteiger charge is -2.21. The highest BCUT2D eigenvalue weighted by Gasteiger charge is 2.38. The Morgan fingerprint density at radius 2 is 2.15 bits per heavy atom. The molecule has 2 fully saturated rings. The fourth-order valence-electron chi connectivity index (χ4n) is 3.22. The maximum absolute atomic E-state index is 3.61. The first-order valence-corrected chi connectivity index (χ1v) is 6.11. The molecule has 1 N–H and O–H groups in total. The maximum atomic E-state index is 3.61. The van der Waals surface area contributed by atoms with Gasteiger partial charge in [-0.15, -0.1) is 0 Å². The van der Waals surface area contributed by atoms with Gasteiger partial charge in [0, 0.05) is 0 Å². The quantitative estimate of drug-likeness (QED) is 0.643. The molecule has 2 saturated carbocycles. The summed E-state index contributed by atoms with van der Waals surface area (Å²) in [7, 11) is 0. The van der Waals surface area contributed by atoms with Gasteiger partial charge in [-0.05, 0) is 56.5 Å². The Balaban J connectivity index is 1.60. The number of hydrogen-bond acceptors (Lipinski definition) is 1. The maximum Gasteiger partial charge on any atom is -0.00178 e. The lowest BCUT2D eigenvalue weighted by molar-refractivity contribution is 0.319. The molecule has 0 heterocycles. The van der Waals surface area contributed by atoms with E-state index in [1.54, 1.807) is 6.42 Å². The lowest BCUT2D eigenvalue weighted by atomic mass is 9.89. The van der Waals surface area contributed by atoms with Gasteiger partial charge in [0.1, 0.15) is 0 Å². The molecule has 2 aliphatic carbocycles. The Labute approximate surface area is 82.3 Å². The molecule has 0 saturated heterocycles. The molecule has 0 aromatic rings. The van der Waals surface area contributed by atoms with E-state index in [1.807, 2.05) is 0 Å². The van der Waals surface area contributed by atoms with Gasteiger partial charge in [0.15, 0.2) is 0 Å². The van der Waals surface area contributed by atoms with Crippen LogP contribution in [-0.4, -0.2) is 13.1 Å². The van der Waals surface area contributed by atoms with Crippen molar-refractivity contribution in [3.8, 4) is 0 Å². The minimum Gasteiger partial charge on any atom is -0.316 e. The van der Waals surface area contributed by atoms with Gasteiger partial charge in [-0.25, -0.2) is 0 Å². The SMILES string of the molecule is CCCCNCC1CC2CCC1C2. The van der Waals surface area contributed by atoms with Crippen molar-refractivity contribution in [2.45, 2.75) is 45.4 Å². The third-order valence-electron chi connectivity index (χ3n) is 4.00. The Bertz CT molecular complexity index is 155. The average Bonchev–Trinajstić information content (AvgIpc) is 2.73. The van der Waals surface area contributed by atoms with E-state index in [4.69, 9.17) is 0 Å². The molecule has 2 aliphatic rings. The van der Waals surface area contributed by atoms with E-state index in [0.29, 0.717) is 0 Å². The molecule has 3 unspecified atom stereocenters. The Morgan fingerprint density at radius 3 is 2.77 bits per heavy atom. The highest BCUT2D eigenvalue weighted by molar-refractivity contribution is 4.90. The second-order valence-electron chi connectivity index (χ2n) is 4.99. The van der Waals surface area contributed by atoms with Gasteiger partial charge in [-0.3, -0.25) is 0 Å². The number of unbranched alkanes of at least 4 members (excludes halogenated alkanes) is 1. The van der Waals surface area contributed by atoms with Crippen LogP contribution in [0.15, 0.2) is 0 Å². The highest BCUT2D eigenvalue weighted by atomic mass is 14.9. The predicted octanol–water partition coefficient (Wildman–Crippen LogP) is 2.81. The summed E-state index contributed by atoms with van der Waals surface area (Å²) in [5.41, 5.74) is 0. The molecule has 0 aromatic carbocycles. The monoisotopic (exact) mass is 181 g/mol. The number of hydrogen-bond donors (Lipinski definition) is 1. The van der Waals surface area contributed by atoms with Gasteiger partial charge in [0.2, 0.25) is 0 Å². The molecule has 2 rings (SSSR count). The van der Waals surface area contributed by atoms with Crippen LogP contribution in [0.1, 0.15) is 45.4 Å². The van der Waals surface area contributed by atoms with E-state index in [1.165, 1.54) is 45.2 Å². The Kier molecular flexibility index (Phi) is 3.26. The van der Waals surface area contributed by atoms with Crippen LogP contribution >= 0.6 is 0 Å². The van der Waals surface area contributed by atoms with Crippen molar-refractivity contribution in [3.05, 3.63) is 0 Å². The number of nitrogens with one attached hydrogen (secondary N) is 1. The summed E-state index contributed by atoms with van der Waals surface area (Å²) < 4.78 is 0. The van der Waals surface area contributed by atoms with Crippen LogP contribution in [0.3, 0.4) is 0 Å². The topological polar surface area (TPSA) is 12.0 Å². The van der Waals surface area contributed by atoms with E-state index in [-0.39, 0.29) is 0 Å². The molecule has 0 amide bonds. The molecule has 3 atom stereocenters. The van der Waals surface area contributed by atoms with Crippen molar-refractivity contribution in [1.82, 2.24) is 5.32 Å². The normalized spacial score (nSPS) is 37.2. The van der Waals surface area contributed by atoms with Gasteiger partial charge in [0.05, 0.1) is 0 Å². The van der Waals surface area contributed by atoms with Crippen LogP contribution in [-0.2, 0) is 0 Å². The summed E-state index contributed by atoms with van der Waals surface area (Å²) in [5.74, 6) is 3.25. The molecule has 0 spiro atoms. The van der Waals surface area contributed by atoms with Gasteiger partial charge < -0.3 is 5.32 Å². The van der Waals surface area contributed by atoms with E-state index in [9.17, 15) is 0 Å². The summed E-state index contributed by atoms with van der Waals surface area (Å²) in [5, 5.41) is 3.61. The van der Waals surface area contributed by atoms with Crippen LogP contribution in [0, 0.1) is 17.8 Å². The van der Waals surface area contributed by atoms with Crippen LogP contribution in [0.25, 0.3) is 0 Å². The standard InChI is InChI=1S/C12H23N/c1-2-3-6-13-9-12-8-10-4-5-11(12)7-10/h10-13H,2-9H2,1H3. The first-order valence-electron chi connectivity index (χ1n) is 6.11. The molecule has 2 bridgehead atoms. The third-order valence-corrected chi connectivity index (χ3v) is 4.00. The molecule has 13 heavy (non-hydrogen) atoms. The smallest absolute Gasteiger partial charge is 0.00178 e. The number of rotatable bonds is 5. The van der Waals surface area contributed by atoms with Crippen molar-refractivity contribution in [2.75, 3.05) is 13.1 Å². The third kappa shape index (κ3) is 2.25. The van der Waals surface area contributed by atoms with Gasteiger partial charge in [0.25, 0.3) is 0 Å². The Hall–Kier alpha value is -0.0400.